The van der Waals surface area contributed by atoms with Gasteiger partial charge in [0.05, 0.1) is 22.9 Å². The second-order valence-corrected chi connectivity index (χ2v) is 4.13. The molecule has 14 heavy (non-hydrogen) atoms. The highest BCUT2D eigenvalue weighted by atomic mass is 32.1. The van der Waals surface area contributed by atoms with Crippen LogP contribution in [0.4, 0.5) is 0 Å². The highest BCUT2D eigenvalue weighted by Crippen LogP contribution is 2.29. The molecule has 2 aromatic rings. The van der Waals surface area contributed by atoms with Crippen LogP contribution in [-0.2, 0) is 4.74 Å². The van der Waals surface area contributed by atoms with Crippen molar-refractivity contribution >= 4 is 27.5 Å². The number of aromatic nitrogens is 1. The molecule has 0 aromatic carbocycles. The van der Waals surface area contributed by atoms with E-state index >= 15 is 0 Å². The van der Waals surface area contributed by atoms with Crippen LogP contribution in [0.5, 0.6) is 0 Å². The van der Waals surface area contributed by atoms with Crippen molar-refractivity contribution in [3.05, 3.63) is 28.8 Å². The summed E-state index contributed by atoms with van der Waals surface area (Å²) in [5.41, 5.74) is 1.33. The predicted octanol–water partition coefficient (Wildman–Crippen LogP) is 2.39. The number of pyridine rings is 1. The molecule has 0 bridgehead atoms. The van der Waals surface area contributed by atoms with E-state index in [0.29, 0.717) is 5.56 Å². The topological polar surface area (TPSA) is 39.2 Å². The predicted molar refractivity (Wildman–Crippen MR) is 55.7 cm³/mol. The molecule has 0 aliphatic rings. The minimum atomic E-state index is -0.313. The summed E-state index contributed by atoms with van der Waals surface area (Å²) < 4.78 is 5.73. The number of carbonyl (C=O) groups is 1. The monoisotopic (exact) mass is 207 g/mol. The maximum Gasteiger partial charge on any atom is 0.341 e. The second kappa shape index (κ2) is 3.38. The lowest BCUT2D eigenvalue weighted by atomic mass is 10.2. The SMILES string of the molecule is COC(=O)c1c(C)sc2cccnc12. The van der Waals surface area contributed by atoms with E-state index in [1.54, 1.807) is 17.5 Å². The number of aryl methyl sites for hydroxylation is 1. The molecule has 0 amide bonds. The van der Waals surface area contributed by atoms with Crippen LogP contribution in [0.2, 0.25) is 0 Å². The molecule has 2 aromatic heterocycles. The van der Waals surface area contributed by atoms with E-state index in [1.165, 1.54) is 7.11 Å². The average molecular weight is 207 g/mol. The Kier molecular flexibility index (Phi) is 2.21. The molecule has 0 N–H and O–H groups in total. The Morgan fingerprint density at radius 2 is 2.36 bits per heavy atom. The summed E-state index contributed by atoms with van der Waals surface area (Å²) in [4.78, 5) is 16.6. The quantitative estimate of drug-likeness (QED) is 0.674. The maximum atomic E-state index is 11.5. The molecular formula is C10H9NO2S. The Hall–Kier alpha value is -1.42. The first-order chi connectivity index (χ1) is 6.74. The van der Waals surface area contributed by atoms with Crippen molar-refractivity contribution in [2.75, 3.05) is 7.11 Å². The zero-order chi connectivity index (χ0) is 10.1. The first kappa shape index (κ1) is 9.15. The summed E-state index contributed by atoms with van der Waals surface area (Å²) in [6.45, 7) is 1.90. The lowest BCUT2D eigenvalue weighted by Crippen LogP contribution is -2.02. The molecule has 0 radical (unpaired) electrons. The molecule has 0 aliphatic carbocycles. The number of thiophene rings is 1. The molecule has 4 heteroatoms. The minimum absolute atomic E-state index is 0.313. The summed E-state index contributed by atoms with van der Waals surface area (Å²) in [5, 5.41) is 0. The number of methoxy groups -OCH3 is 1. The van der Waals surface area contributed by atoms with Gasteiger partial charge in [0.2, 0.25) is 0 Å². The number of rotatable bonds is 1. The fourth-order valence-electron chi connectivity index (χ4n) is 1.39. The zero-order valence-corrected chi connectivity index (χ0v) is 8.72. The maximum absolute atomic E-state index is 11.5. The number of carbonyl (C=O) groups excluding carboxylic acids is 1. The van der Waals surface area contributed by atoms with Crippen molar-refractivity contribution in [1.82, 2.24) is 4.98 Å². The van der Waals surface area contributed by atoms with Gasteiger partial charge in [-0.3, -0.25) is 4.98 Å². The van der Waals surface area contributed by atoms with Crippen molar-refractivity contribution < 1.29 is 9.53 Å². The van der Waals surface area contributed by atoms with Crippen LogP contribution in [-0.4, -0.2) is 18.1 Å². The van der Waals surface area contributed by atoms with Crippen LogP contribution < -0.4 is 0 Å². The van der Waals surface area contributed by atoms with E-state index in [9.17, 15) is 4.79 Å². The normalized spacial score (nSPS) is 10.4. The van der Waals surface area contributed by atoms with Gasteiger partial charge in [-0.05, 0) is 19.1 Å². The number of fused-ring (bicyclic) bond motifs is 1. The van der Waals surface area contributed by atoms with Gasteiger partial charge in [-0.1, -0.05) is 0 Å². The molecule has 0 spiro atoms. The Bertz CT molecular complexity index is 490. The molecule has 3 nitrogen and oxygen atoms in total. The van der Waals surface area contributed by atoms with Crippen LogP contribution in [0.1, 0.15) is 15.2 Å². The minimum Gasteiger partial charge on any atom is -0.465 e. The summed E-state index contributed by atoms with van der Waals surface area (Å²) >= 11 is 1.56. The van der Waals surface area contributed by atoms with E-state index in [-0.39, 0.29) is 5.97 Å². The Balaban J connectivity index is 2.74. The molecular weight excluding hydrogens is 198 g/mol. The van der Waals surface area contributed by atoms with Crippen molar-refractivity contribution in [2.24, 2.45) is 0 Å². The van der Waals surface area contributed by atoms with Gasteiger partial charge in [0.25, 0.3) is 0 Å². The summed E-state index contributed by atoms with van der Waals surface area (Å²) in [5.74, 6) is -0.313. The first-order valence-electron chi connectivity index (χ1n) is 4.16. The van der Waals surface area contributed by atoms with Gasteiger partial charge in [-0.25, -0.2) is 4.79 Å². The van der Waals surface area contributed by atoms with Crippen molar-refractivity contribution in [3.8, 4) is 0 Å². The summed E-state index contributed by atoms with van der Waals surface area (Å²) in [6.07, 6.45) is 1.68. The number of esters is 1. The van der Waals surface area contributed by atoms with Crippen LogP contribution in [0.25, 0.3) is 10.2 Å². The van der Waals surface area contributed by atoms with Crippen LogP contribution in [0.15, 0.2) is 18.3 Å². The number of ether oxygens (including phenoxy) is 1. The van der Waals surface area contributed by atoms with Crippen LogP contribution in [0.3, 0.4) is 0 Å². The largest absolute Gasteiger partial charge is 0.465 e. The van der Waals surface area contributed by atoms with E-state index in [1.807, 2.05) is 19.1 Å². The van der Waals surface area contributed by atoms with Gasteiger partial charge in [-0.15, -0.1) is 11.3 Å². The fraction of sp³-hybridized carbons (Fsp3) is 0.200. The fourth-order valence-corrected chi connectivity index (χ4v) is 2.40. The summed E-state index contributed by atoms with van der Waals surface area (Å²) in [7, 11) is 1.38. The van der Waals surface area contributed by atoms with E-state index in [4.69, 9.17) is 4.74 Å². The third-order valence-corrected chi connectivity index (χ3v) is 3.07. The molecule has 0 saturated carbocycles. The van der Waals surface area contributed by atoms with Gasteiger partial charge in [-0.2, -0.15) is 0 Å². The third-order valence-electron chi connectivity index (χ3n) is 2.01. The number of hydrogen-bond donors (Lipinski definition) is 0. The third kappa shape index (κ3) is 1.28. The van der Waals surface area contributed by atoms with Crippen molar-refractivity contribution in [3.63, 3.8) is 0 Å². The Morgan fingerprint density at radius 1 is 1.57 bits per heavy atom. The molecule has 0 atom stereocenters. The van der Waals surface area contributed by atoms with Gasteiger partial charge >= 0.3 is 5.97 Å². The molecule has 2 rings (SSSR count). The molecule has 0 saturated heterocycles. The highest BCUT2D eigenvalue weighted by molar-refractivity contribution is 7.19. The Labute approximate surface area is 85.3 Å². The molecule has 0 unspecified atom stereocenters. The van der Waals surface area contributed by atoms with Gasteiger partial charge in [0.15, 0.2) is 0 Å². The van der Waals surface area contributed by atoms with E-state index in [2.05, 4.69) is 4.98 Å². The second-order valence-electron chi connectivity index (χ2n) is 2.87. The van der Waals surface area contributed by atoms with Gasteiger partial charge in [0.1, 0.15) is 0 Å². The number of hydrogen-bond acceptors (Lipinski definition) is 4. The van der Waals surface area contributed by atoms with Crippen molar-refractivity contribution in [2.45, 2.75) is 6.92 Å². The molecule has 2 heterocycles. The van der Waals surface area contributed by atoms with Crippen LogP contribution >= 0.6 is 11.3 Å². The van der Waals surface area contributed by atoms with Crippen LogP contribution in [0, 0.1) is 6.92 Å². The Morgan fingerprint density at radius 3 is 3.07 bits per heavy atom. The van der Waals surface area contributed by atoms with E-state index < -0.39 is 0 Å². The van der Waals surface area contributed by atoms with E-state index in [0.717, 1.165) is 15.1 Å². The molecule has 0 fully saturated rings. The van der Waals surface area contributed by atoms with Crippen molar-refractivity contribution in [1.29, 1.82) is 0 Å². The summed E-state index contributed by atoms with van der Waals surface area (Å²) in [6, 6.07) is 3.81. The first-order valence-corrected chi connectivity index (χ1v) is 4.98. The van der Waals surface area contributed by atoms with Gasteiger partial charge in [0, 0.05) is 11.1 Å². The standard InChI is InChI=1S/C10H9NO2S/c1-6-8(10(12)13-2)9-7(14-6)4-3-5-11-9/h3-5H,1-2H3. The molecule has 0 aliphatic heterocycles. The highest BCUT2D eigenvalue weighted by Gasteiger charge is 2.17. The zero-order valence-electron chi connectivity index (χ0n) is 7.90. The average Bonchev–Trinajstić information content (AvgIpc) is 2.53. The lowest BCUT2D eigenvalue weighted by molar-refractivity contribution is 0.0602. The van der Waals surface area contributed by atoms with Gasteiger partial charge < -0.3 is 4.74 Å². The smallest absolute Gasteiger partial charge is 0.341 e. The molecule has 72 valence electrons. The number of nitrogens with zero attached hydrogens (tertiary/aromatic N) is 1. The lowest BCUT2D eigenvalue weighted by Gasteiger charge is -1.97.